The van der Waals surface area contributed by atoms with Crippen LogP contribution < -0.4 is 0 Å². The zero-order valence-corrected chi connectivity index (χ0v) is 18.9. The van der Waals surface area contributed by atoms with Gasteiger partial charge < -0.3 is 9.47 Å². The third kappa shape index (κ3) is 18.3. The molecule has 0 saturated heterocycles. The Hall–Kier alpha value is -1.06. The number of carbonyl (C=O) groups is 2. The van der Waals surface area contributed by atoms with Crippen molar-refractivity contribution in [3.8, 4) is 0 Å². The van der Waals surface area contributed by atoms with Crippen LogP contribution >= 0.6 is 0 Å². The molecule has 0 unspecified atom stereocenters. The molecule has 0 heterocycles. The summed E-state index contributed by atoms with van der Waals surface area (Å²) in [5, 5.41) is 0. The van der Waals surface area contributed by atoms with E-state index in [1.165, 1.54) is 19.3 Å². The van der Waals surface area contributed by atoms with Crippen LogP contribution in [0.4, 0.5) is 0 Å². The van der Waals surface area contributed by atoms with Crippen LogP contribution in [-0.2, 0) is 19.1 Å². The first-order chi connectivity index (χ1) is 13.6. The van der Waals surface area contributed by atoms with Gasteiger partial charge in [0.2, 0.25) is 0 Å². The Morgan fingerprint density at radius 2 is 1.11 bits per heavy atom. The molecular formula is C24H46O4. The van der Waals surface area contributed by atoms with E-state index >= 15 is 0 Å². The third-order valence-corrected chi connectivity index (χ3v) is 5.04. The van der Waals surface area contributed by atoms with Crippen molar-refractivity contribution in [2.45, 2.75) is 136 Å². The lowest BCUT2D eigenvalue weighted by Gasteiger charge is -2.16. The summed E-state index contributed by atoms with van der Waals surface area (Å²) in [5.41, 5.74) is 0. The predicted octanol–water partition coefficient (Wildman–Crippen LogP) is 7.13. The lowest BCUT2D eigenvalue weighted by atomic mass is 10.1. The van der Waals surface area contributed by atoms with E-state index < -0.39 is 0 Å². The maximum absolute atomic E-state index is 11.9. The zero-order valence-electron chi connectivity index (χ0n) is 18.9. The number of hydrogen-bond acceptors (Lipinski definition) is 4. The molecule has 0 amide bonds. The molecule has 28 heavy (non-hydrogen) atoms. The van der Waals surface area contributed by atoms with Crippen molar-refractivity contribution in [2.75, 3.05) is 6.61 Å². The monoisotopic (exact) mass is 398 g/mol. The van der Waals surface area contributed by atoms with E-state index in [4.69, 9.17) is 9.47 Å². The largest absolute Gasteiger partial charge is 0.466 e. The Bertz CT molecular complexity index is 362. The lowest BCUT2D eigenvalue weighted by molar-refractivity contribution is -0.150. The highest BCUT2D eigenvalue weighted by Gasteiger charge is 2.12. The van der Waals surface area contributed by atoms with Crippen molar-refractivity contribution < 1.29 is 19.1 Å². The second kappa shape index (κ2) is 20.7. The summed E-state index contributed by atoms with van der Waals surface area (Å²) >= 11 is 0. The van der Waals surface area contributed by atoms with E-state index in [2.05, 4.69) is 20.8 Å². The summed E-state index contributed by atoms with van der Waals surface area (Å²) < 4.78 is 10.8. The minimum atomic E-state index is -0.0491. The van der Waals surface area contributed by atoms with Gasteiger partial charge in [-0.1, -0.05) is 85.0 Å². The molecule has 0 aliphatic carbocycles. The molecule has 0 aromatic rings. The first-order valence-electron chi connectivity index (χ1n) is 12.0. The molecular weight excluding hydrogens is 352 g/mol. The highest BCUT2D eigenvalue weighted by atomic mass is 16.5. The summed E-state index contributed by atoms with van der Waals surface area (Å²) in [6, 6.07) is 0. The van der Waals surface area contributed by atoms with Crippen LogP contribution in [-0.4, -0.2) is 24.6 Å². The summed E-state index contributed by atoms with van der Waals surface area (Å²) in [4.78, 5) is 23.5. The number of hydrogen-bond donors (Lipinski definition) is 0. The summed E-state index contributed by atoms with van der Waals surface area (Å²) in [6.07, 6.45) is 17.3. The van der Waals surface area contributed by atoms with Crippen LogP contribution in [0.2, 0.25) is 0 Å². The number of unbranched alkanes of at least 4 members (excludes halogenated alkanes) is 9. The Balaban J connectivity index is 3.44. The van der Waals surface area contributed by atoms with Gasteiger partial charge in [0.25, 0.3) is 0 Å². The molecule has 0 radical (unpaired) electrons. The molecule has 0 aromatic heterocycles. The Morgan fingerprint density at radius 1 is 0.607 bits per heavy atom. The van der Waals surface area contributed by atoms with E-state index in [1.807, 2.05) is 0 Å². The van der Waals surface area contributed by atoms with Gasteiger partial charge in [0.1, 0.15) is 6.10 Å². The molecule has 4 heteroatoms. The van der Waals surface area contributed by atoms with Crippen molar-refractivity contribution in [3.05, 3.63) is 0 Å². The van der Waals surface area contributed by atoms with Gasteiger partial charge in [-0.3, -0.25) is 9.59 Å². The maximum atomic E-state index is 11.9. The molecule has 0 atom stereocenters. The predicted molar refractivity (Wildman–Crippen MR) is 116 cm³/mol. The van der Waals surface area contributed by atoms with Crippen molar-refractivity contribution >= 4 is 11.9 Å². The van der Waals surface area contributed by atoms with E-state index in [0.29, 0.717) is 19.4 Å². The van der Waals surface area contributed by atoms with Crippen LogP contribution in [0.15, 0.2) is 0 Å². The van der Waals surface area contributed by atoms with Gasteiger partial charge in [0.05, 0.1) is 6.61 Å². The first kappa shape index (κ1) is 26.9. The first-order valence-corrected chi connectivity index (χ1v) is 12.0. The third-order valence-electron chi connectivity index (χ3n) is 5.04. The van der Waals surface area contributed by atoms with Crippen LogP contribution in [0.3, 0.4) is 0 Å². The van der Waals surface area contributed by atoms with E-state index in [9.17, 15) is 9.59 Å². The second-order valence-electron chi connectivity index (χ2n) is 7.95. The Morgan fingerprint density at radius 3 is 1.68 bits per heavy atom. The van der Waals surface area contributed by atoms with Crippen molar-refractivity contribution in [1.82, 2.24) is 0 Å². The highest BCUT2D eigenvalue weighted by Crippen LogP contribution is 2.13. The lowest BCUT2D eigenvalue weighted by Crippen LogP contribution is -2.17. The van der Waals surface area contributed by atoms with E-state index in [0.717, 1.165) is 77.0 Å². The fourth-order valence-corrected chi connectivity index (χ4v) is 3.36. The average molecular weight is 399 g/mol. The summed E-state index contributed by atoms with van der Waals surface area (Å²) in [5.74, 6) is -0.0868. The van der Waals surface area contributed by atoms with Gasteiger partial charge in [0, 0.05) is 12.8 Å². The van der Waals surface area contributed by atoms with Crippen molar-refractivity contribution in [2.24, 2.45) is 0 Å². The molecule has 0 bridgehead atoms. The molecule has 0 saturated carbocycles. The van der Waals surface area contributed by atoms with Gasteiger partial charge in [-0.15, -0.1) is 0 Å². The molecule has 0 aliphatic heterocycles. The van der Waals surface area contributed by atoms with Gasteiger partial charge in [-0.05, 0) is 32.1 Å². The fraction of sp³-hybridized carbons (Fsp3) is 0.917. The highest BCUT2D eigenvalue weighted by molar-refractivity contribution is 5.69. The molecule has 166 valence electrons. The standard InChI is InChI=1S/C24H46O4/c1-4-7-8-13-16-21-27-23(25)19-14-11-9-10-12-15-20-24(26)28-22(17-5-2)18-6-3/h22H,4-21H2,1-3H3. The number of rotatable bonds is 20. The molecule has 4 nitrogen and oxygen atoms in total. The molecule has 0 N–H and O–H groups in total. The number of carbonyl (C=O) groups excluding carboxylic acids is 2. The van der Waals surface area contributed by atoms with Crippen molar-refractivity contribution in [1.29, 1.82) is 0 Å². The summed E-state index contributed by atoms with van der Waals surface area (Å²) in [6.45, 7) is 7.04. The van der Waals surface area contributed by atoms with Crippen molar-refractivity contribution in [3.63, 3.8) is 0 Å². The molecule has 0 aromatic carbocycles. The summed E-state index contributed by atoms with van der Waals surface area (Å²) in [7, 11) is 0. The molecule has 0 fully saturated rings. The topological polar surface area (TPSA) is 52.6 Å². The van der Waals surface area contributed by atoms with Crippen LogP contribution in [0.1, 0.15) is 130 Å². The quantitative estimate of drug-likeness (QED) is 0.162. The van der Waals surface area contributed by atoms with Gasteiger partial charge in [-0.25, -0.2) is 0 Å². The van der Waals surface area contributed by atoms with Crippen LogP contribution in [0.5, 0.6) is 0 Å². The molecule has 0 spiro atoms. The fourth-order valence-electron chi connectivity index (χ4n) is 3.36. The zero-order chi connectivity index (χ0) is 20.9. The van der Waals surface area contributed by atoms with Gasteiger partial charge in [-0.2, -0.15) is 0 Å². The Kier molecular flexibility index (Phi) is 19.9. The van der Waals surface area contributed by atoms with E-state index in [1.54, 1.807) is 0 Å². The van der Waals surface area contributed by atoms with E-state index in [-0.39, 0.29) is 18.0 Å². The average Bonchev–Trinajstić information content (AvgIpc) is 2.67. The molecule has 0 aliphatic rings. The van der Waals surface area contributed by atoms with Gasteiger partial charge >= 0.3 is 11.9 Å². The van der Waals surface area contributed by atoms with Crippen LogP contribution in [0, 0.1) is 0 Å². The normalized spacial score (nSPS) is 11.0. The Labute approximate surface area is 174 Å². The molecule has 0 rings (SSSR count). The maximum Gasteiger partial charge on any atom is 0.306 e. The number of ether oxygens (including phenoxy) is 2. The van der Waals surface area contributed by atoms with Crippen LogP contribution in [0.25, 0.3) is 0 Å². The SMILES string of the molecule is CCCCCCCOC(=O)CCCCCCCCC(=O)OC(CCC)CCC. The minimum Gasteiger partial charge on any atom is -0.466 e. The number of esters is 2. The smallest absolute Gasteiger partial charge is 0.306 e. The minimum absolute atomic E-state index is 0.0376. The van der Waals surface area contributed by atoms with Gasteiger partial charge in [0.15, 0.2) is 0 Å². The second-order valence-corrected chi connectivity index (χ2v) is 7.95.